The molecule has 2 aromatic carbocycles. The molecule has 0 aromatic heterocycles. The van der Waals surface area contributed by atoms with Crippen molar-refractivity contribution in [2.45, 2.75) is 12.5 Å². The molecular weight excluding hydrogens is 328 g/mol. The number of hydrogen-bond donors (Lipinski definition) is 1. The number of para-hydroxylation sites is 1. The van der Waals surface area contributed by atoms with Crippen LogP contribution in [0.5, 0.6) is 5.75 Å². The highest BCUT2D eigenvalue weighted by atomic mass is 35.5. The highest BCUT2D eigenvalue weighted by Crippen LogP contribution is 2.32. The van der Waals surface area contributed by atoms with Crippen molar-refractivity contribution in [3.05, 3.63) is 59.1 Å². The molecule has 3 rings (SSSR count). The van der Waals surface area contributed by atoms with Crippen molar-refractivity contribution in [2.75, 3.05) is 18.6 Å². The minimum Gasteiger partial charge on any atom is -0.484 e. The lowest BCUT2D eigenvalue weighted by atomic mass is 10.1. The summed E-state index contributed by atoms with van der Waals surface area (Å²) in [4.78, 5) is 26.3. The fourth-order valence-corrected chi connectivity index (χ4v) is 2.94. The highest BCUT2D eigenvalue weighted by Gasteiger charge is 2.37. The van der Waals surface area contributed by atoms with Gasteiger partial charge in [-0.25, -0.2) is 0 Å². The number of carbonyl (C=O) groups is 2. The molecule has 0 saturated heterocycles. The van der Waals surface area contributed by atoms with E-state index in [1.807, 2.05) is 24.3 Å². The Morgan fingerprint density at radius 1 is 1.21 bits per heavy atom. The van der Waals surface area contributed by atoms with Gasteiger partial charge in [-0.2, -0.15) is 0 Å². The van der Waals surface area contributed by atoms with E-state index in [1.165, 1.54) is 4.90 Å². The number of ether oxygens (including phenoxy) is 1. The van der Waals surface area contributed by atoms with Crippen LogP contribution in [-0.4, -0.2) is 31.5 Å². The summed E-state index contributed by atoms with van der Waals surface area (Å²) in [5.41, 5.74) is 1.74. The van der Waals surface area contributed by atoms with Gasteiger partial charge >= 0.3 is 0 Å². The van der Waals surface area contributed by atoms with Crippen LogP contribution in [0.1, 0.15) is 5.56 Å². The standard InChI is InChI=1S/C18H17ClN2O3/c1-20-18(23)16-10-12-4-2-3-5-15(12)21(16)17(22)11-24-14-8-6-13(19)7-9-14/h2-9,16H,10-11H2,1H3,(H,20,23)/t16-/m0/s1. The molecule has 0 radical (unpaired) electrons. The first-order valence-corrected chi connectivity index (χ1v) is 7.98. The number of nitrogens with one attached hydrogen (secondary N) is 1. The number of nitrogens with zero attached hydrogens (tertiary/aromatic N) is 1. The molecule has 2 amide bonds. The molecule has 6 heteroatoms. The molecule has 0 fully saturated rings. The van der Waals surface area contributed by atoms with Gasteiger partial charge in [-0.15, -0.1) is 0 Å². The third-order valence-electron chi connectivity index (χ3n) is 3.97. The van der Waals surface area contributed by atoms with Crippen LogP contribution < -0.4 is 15.0 Å². The molecule has 2 aromatic rings. The lowest BCUT2D eigenvalue weighted by Crippen LogP contribution is -2.48. The average molecular weight is 345 g/mol. The predicted molar refractivity (Wildman–Crippen MR) is 92.4 cm³/mol. The van der Waals surface area contributed by atoms with E-state index in [0.717, 1.165) is 11.3 Å². The second-order valence-electron chi connectivity index (χ2n) is 5.47. The Morgan fingerprint density at radius 2 is 1.92 bits per heavy atom. The van der Waals surface area contributed by atoms with Crippen molar-refractivity contribution in [1.29, 1.82) is 0 Å². The number of carbonyl (C=O) groups excluding carboxylic acids is 2. The summed E-state index contributed by atoms with van der Waals surface area (Å²) in [6.45, 7) is -0.149. The summed E-state index contributed by atoms with van der Waals surface area (Å²) in [5.74, 6) is 0.103. The van der Waals surface area contributed by atoms with Crippen molar-refractivity contribution < 1.29 is 14.3 Å². The lowest BCUT2D eigenvalue weighted by Gasteiger charge is -2.24. The number of anilines is 1. The van der Waals surface area contributed by atoms with Crippen LogP contribution in [0, 0.1) is 0 Å². The van der Waals surface area contributed by atoms with Crippen LogP contribution in [0.25, 0.3) is 0 Å². The molecule has 0 saturated carbocycles. The molecule has 1 N–H and O–H groups in total. The van der Waals surface area contributed by atoms with Gasteiger partial charge in [0.15, 0.2) is 6.61 Å². The van der Waals surface area contributed by atoms with Crippen LogP contribution >= 0.6 is 11.6 Å². The van der Waals surface area contributed by atoms with Gasteiger partial charge < -0.3 is 10.1 Å². The van der Waals surface area contributed by atoms with E-state index >= 15 is 0 Å². The normalized spacial score (nSPS) is 15.8. The number of benzene rings is 2. The Balaban J connectivity index is 1.77. The van der Waals surface area contributed by atoms with E-state index in [-0.39, 0.29) is 18.4 Å². The quantitative estimate of drug-likeness (QED) is 0.926. The summed E-state index contributed by atoms with van der Waals surface area (Å²) in [7, 11) is 1.57. The maximum Gasteiger partial charge on any atom is 0.265 e. The summed E-state index contributed by atoms with van der Waals surface area (Å²) >= 11 is 5.83. The minimum atomic E-state index is -0.547. The van der Waals surface area contributed by atoms with Gasteiger partial charge in [0, 0.05) is 24.2 Å². The van der Waals surface area contributed by atoms with Gasteiger partial charge in [0.05, 0.1) is 0 Å². The third-order valence-corrected chi connectivity index (χ3v) is 4.22. The van der Waals surface area contributed by atoms with E-state index in [4.69, 9.17) is 16.3 Å². The molecule has 1 heterocycles. The Hall–Kier alpha value is -2.53. The monoisotopic (exact) mass is 344 g/mol. The lowest BCUT2D eigenvalue weighted by molar-refractivity contribution is -0.126. The summed E-state index contributed by atoms with van der Waals surface area (Å²) in [6.07, 6.45) is 0.503. The molecule has 24 heavy (non-hydrogen) atoms. The maximum absolute atomic E-state index is 12.7. The van der Waals surface area contributed by atoms with Gasteiger partial charge in [0.2, 0.25) is 5.91 Å². The van der Waals surface area contributed by atoms with Crippen molar-refractivity contribution in [2.24, 2.45) is 0 Å². The fraction of sp³-hybridized carbons (Fsp3) is 0.222. The zero-order valence-corrected chi connectivity index (χ0v) is 13.9. The zero-order chi connectivity index (χ0) is 17.1. The highest BCUT2D eigenvalue weighted by molar-refractivity contribution is 6.30. The third kappa shape index (κ3) is 3.21. The number of halogens is 1. The first-order chi connectivity index (χ1) is 11.6. The van der Waals surface area contributed by atoms with Gasteiger partial charge in [0.25, 0.3) is 5.91 Å². The topological polar surface area (TPSA) is 58.6 Å². The molecule has 0 unspecified atom stereocenters. The number of likely N-dealkylation sites (N-methyl/N-ethyl adjacent to an activating group) is 1. The van der Waals surface area contributed by atoms with Crippen molar-refractivity contribution in [3.63, 3.8) is 0 Å². The van der Waals surface area contributed by atoms with Crippen molar-refractivity contribution in [3.8, 4) is 5.75 Å². The van der Waals surface area contributed by atoms with Crippen LogP contribution in [0.15, 0.2) is 48.5 Å². The van der Waals surface area contributed by atoms with Gasteiger partial charge in [0.1, 0.15) is 11.8 Å². The SMILES string of the molecule is CNC(=O)[C@@H]1Cc2ccccc2N1C(=O)COc1ccc(Cl)cc1. The number of fused-ring (bicyclic) bond motifs is 1. The minimum absolute atomic E-state index is 0.149. The molecule has 1 atom stereocenters. The Morgan fingerprint density at radius 3 is 2.62 bits per heavy atom. The molecule has 124 valence electrons. The molecule has 0 aliphatic carbocycles. The second-order valence-corrected chi connectivity index (χ2v) is 5.91. The maximum atomic E-state index is 12.7. The Kier molecular flexibility index (Phi) is 4.71. The molecule has 5 nitrogen and oxygen atoms in total. The van der Waals surface area contributed by atoms with E-state index in [1.54, 1.807) is 31.3 Å². The number of hydrogen-bond acceptors (Lipinski definition) is 3. The van der Waals surface area contributed by atoms with Crippen LogP contribution in [0.4, 0.5) is 5.69 Å². The van der Waals surface area contributed by atoms with Crippen molar-refractivity contribution in [1.82, 2.24) is 5.32 Å². The van der Waals surface area contributed by atoms with E-state index in [9.17, 15) is 9.59 Å². The second kappa shape index (κ2) is 6.93. The summed E-state index contributed by atoms with van der Waals surface area (Å²) < 4.78 is 5.53. The van der Waals surface area contributed by atoms with Crippen molar-refractivity contribution >= 4 is 29.1 Å². The number of rotatable bonds is 4. The Labute approximate surface area is 145 Å². The van der Waals surface area contributed by atoms with Crippen LogP contribution in [-0.2, 0) is 16.0 Å². The van der Waals surface area contributed by atoms with E-state index in [0.29, 0.717) is 17.2 Å². The molecule has 1 aliphatic heterocycles. The van der Waals surface area contributed by atoms with Gasteiger partial charge in [-0.1, -0.05) is 29.8 Å². The first-order valence-electron chi connectivity index (χ1n) is 7.60. The Bertz CT molecular complexity index is 761. The van der Waals surface area contributed by atoms with Crippen LogP contribution in [0.3, 0.4) is 0 Å². The van der Waals surface area contributed by atoms with Gasteiger partial charge in [-0.3, -0.25) is 14.5 Å². The number of amides is 2. The molecule has 0 bridgehead atoms. The molecule has 1 aliphatic rings. The molecular formula is C18H17ClN2O3. The summed E-state index contributed by atoms with van der Waals surface area (Å²) in [5, 5.41) is 3.22. The van der Waals surface area contributed by atoms with E-state index < -0.39 is 6.04 Å². The largest absolute Gasteiger partial charge is 0.484 e. The smallest absolute Gasteiger partial charge is 0.265 e. The first kappa shape index (κ1) is 16.3. The predicted octanol–water partition coefficient (Wildman–Crippen LogP) is 2.42. The zero-order valence-electron chi connectivity index (χ0n) is 13.2. The average Bonchev–Trinajstić information content (AvgIpc) is 3.00. The fourth-order valence-electron chi connectivity index (χ4n) is 2.82. The van der Waals surface area contributed by atoms with Gasteiger partial charge in [-0.05, 0) is 35.9 Å². The van der Waals surface area contributed by atoms with E-state index in [2.05, 4.69) is 5.32 Å². The molecule has 0 spiro atoms. The summed E-state index contributed by atoms with van der Waals surface area (Å²) in [6, 6.07) is 13.8. The van der Waals surface area contributed by atoms with Crippen LogP contribution in [0.2, 0.25) is 5.02 Å².